The lowest BCUT2D eigenvalue weighted by molar-refractivity contribution is 0.0985. The molecule has 0 saturated carbocycles. The van der Waals surface area contributed by atoms with Crippen LogP contribution in [0.1, 0.15) is 28.4 Å². The maximum absolute atomic E-state index is 13.6. The molecule has 9 heteroatoms. The topological polar surface area (TPSA) is 73.8 Å². The number of likely N-dealkylation sites (N-methyl/N-ethyl adjacent to an activating group) is 1. The highest BCUT2D eigenvalue weighted by Gasteiger charge is 2.24. The fourth-order valence-electron chi connectivity index (χ4n) is 3.91. The zero-order valence-corrected chi connectivity index (χ0v) is 23.2. The standard InChI is InChI=1S/C28H32N4O3S2/c1-5-21-11-16-25-26(19-21)36-28(29-25)32(18-17-30(2)3)27(33)23-12-14-24(15-13-23)37(34,35)31(4)20-22-9-7-6-8-10-22/h6-16,19H,5,17-18,20H2,1-4H3. The van der Waals surface area contributed by atoms with Gasteiger partial charge in [-0.1, -0.05) is 54.7 Å². The molecule has 0 aliphatic heterocycles. The average Bonchev–Trinajstić information content (AvgIpc) is 3.32. The van der Waals surface area contributed by atoms with Crippen LogP contribution in [0.4, 0.5) is 5.13 Å². The van der Waals surface area contributed by atoms with Crippen LogP contribution in [-0.4, -0.2) is 62.7 Å². The van der Waals surface area contributed by atoms with E-state index in [0.717, 1.165) is 22.2 Å². The van der Waals surface area contributed by atoms with Crippen LogP contribution in [0.3, 0.4) is 0 Å². The Morgan fingerprint density at radius 1 is 0.892 bits per heavy atom. The van der Waals surface area contributed by atoms with Gasteiger partial charge in [0.05, 0.1) is 15.1 Å². The van der Waals surface area contributed by atoms with E-state index in [1.165, 1.54) is 33.3 Å². The van der Waals surface area contributed by atoms with Gasteiger partial charge in [0.1, 0.15) is 0 Å². The van der Waals surface area contributed by atoms with Gasteiger partial charge in [0.15, 0.2) is 5.13 Å². The second-order valence-corrected chi connectivity index (χ2v) is 12.2. The van der Waals surface area contributed by atoms with E-state index < -0.39 is 10.0 Å². The Bertz CT molecular complexity index is 1470. The Morgan fingerprint density at radius 3 is 2.24 bits per heavy atom. The molecule has 4 aromatic rings. The second-order valence-electron chi connectivity index (χ2n) is 9.18. The maximum atomic E-state index is 13.6. The average molecular weight is 537 g/mol. The van der Waals surface area contributed by atoms with Gasteiger partial charge < -0.3 is 4.90 Å². The number of rotatable bonds is 10. The third-order valence-electron chi connectivity index (χ3n) is 6.15. The quantitative estimate of drug-likeness (QED) is 0.289. The van der Waals surface area contributed by atoms with Crippen LogP contribution in [0.15, 0.2) is 77.7 Å². The number of hydrogen-bond donors (Lipinski definition) is 0. The Hall–Kier alpha value is -3.11. The first kappa shape index (κ1) is 26.9. The number of carbonyl (C=O) groups excluding carboxylic acids is 1. The maximum Gasteiger partial charge on any atom is 0.260 e. The lowest BCUT2D eigenvalue weighted by atomic mass is 10.2. The molecular formula is C28H32N4O3S2. The van der Waals surface area contributed by atoms with Crippen molar-refractivity contribution >= 4 is 42.6 Å². The largest absolute Gasteiger partial charge is 0.308 e. The zero-order chi connectivity index (χ0) is 26.6. The number of thiazole rings is 1. The van der Waals surface area contributed by atoms with Gasteiger partial charge >= 0.3 is 0 Å². The summed E-state index contributed by atoms with van der Waals surface area (Å²) in [6.07, 6.45) is 0.933. The molecule has 194 valence electrons. The lowest BCUT2D eigenvalue weighted by Crippen LogP contribution is -2.36. The molecule has 1 aromatic heterocycles. The predicted molar refractivity (Wildman–Crippen MR) is 151 cm³/mol. The fraction of sp³-hybridized carbons (Fsp3) is 0.286. The molecule has 4 rings (SSSR count). The first-order chi connectivity index (χ1) is 17.7. The molecule has 1 amide bonds. The molecule has 0 bridgehead atoms. The Morgan fingerprint density at radius 2 is 1.59 bits per heavy atom. The van der Waals surface area contributed by atoms with Crippen LogP contribution >= 0.6 is 11.3 Å². The number of carbonyl (C=O) groups is 1. The molecule has 0 radical (unpaired) electrons. The van der Waals surface area contributed by atoms with Gasteiger partial charge in [0.2, 0.25) is 10.0 Å². The monoisotopic (exact) mass is 536 g/mol. The summed E-state index contributed by atoms with van der Waals surface area (Å²) in [6.45, 7) is 3.50. The molecule has 0 aliphatic rings. The first-order valence-corrected chi connectivity index (χ1v) is 14.4. The highest BCUT2D eigenvalue weighted by molar-refractivity contribution is 7.89. The highest BCUT2D eigenvalue weighted by Crippen LogP contribution is 2.31. The number of benzene rings is 3. The van der Waals surface area contributed by atoms with Gasteiger partial charge in [0, 0.05) is 32.2 Å². The zero-order valence-electron chi connectivity index (χ0n) is 21.6. The van der Waals surface area contributed by atoms with E-state index in [1.807, 2.05) is 55.4 Å². The summed E-state index contributed by atoms with van der Waals surface area (Å²) in [6, 6.07) is 21.8. The number of sulfonamides is 1. The van der Waals surface area contributed by atoms with E-state index in [0.29, 0.717) is 23.8 Å². The van der Waals surface area contributed by atoms with E-state index >= 15 is 0 Å². The van der Waals surface area contributed by atoms with Crippen LogP contribution in [0, 0.1) is 0 Å². The SMILES string of the molecule is CCc1ccc2nc(N(CCN(C)C)C(=O)c3ccc(S(=O)(=O)N(C)Cc4ccccc4)cc3)sc2c1. The molecule has 3 aromatic carbocycles. The van der Waals surface area contributed by atoms with E-state index in [9.17, 15) is 13.2 Å². The third-order valence-corrected chi connectivity index (χ3v) is 9.01. The van der Waals surface area contributed by atoms with Gasteiger partial charge in [-0.15, -0.1) is 0 Å². The van der Waals surface area contributed by atoms with E-state index in [4.69, 9.17) is 4.98 Å². The Labute approximate surface area is 223 Å². The molecule has 1 heterocycles. The normalized spacial score (nSPS) is 11.9. The van der Waals surface area contributed by atoms with Crippen molar-refractivity contribution in [2.24, 2.45) is 0 Å². The van der Waals surface area contributed by atoms with Crippen molar-refractivity contribution in [3.8, 4) is 0 Å². The number of hydrogen-bond acceptors (Lipinski definition) is 6. The highest BCUT2D eigenvalue weighted by atomic mass is 32.2. The number of nitrogens with zero attached hydrogens (tertiary/aromatic N) is 4. The first-order valence-electron chi connectivity index (χ1n) is 12.2. The molecule has 0 unspecified atom stereocenters. The van der Waals surface area contributed by atoms with Crippen molar-refractivity contribution in [1.82, 2.24) is 14.2 Å². The smallest absolute Gasteiger partial charge is 0.260 e. The summed E-state index contributed by atoms with van der Waals surface area (Å²) in [7, 11) is 1.77. The van der Waals surface area contributed by atoms with Crippen LogP contribution in [0.2, 0.25) is 0 Å². The minimum Gasteiger partial charge on any atom is -0.308 e. The number of fused-ring (bicyclic) bond motifs is 1. The molecule has 0 fully saturated rings. The summed E-state index contributed by atoms with van der Waals surface area (Å²) >= 11 is 1.49. The van der Waals surface area contributed by atoms with Crippen molar-refractivity contribution in [3.05, 3.63) is 89.5 Å². The fourth-order valence-corrected chi connectivity index (χ4v) is 6.12. The number of amides is 1. The second kappa shape index (κ2) is 11.5. The molecule has 0 saturated heterocycles. The van der Waals surface area contributed by atoms with Gasteiger partial charge in [-0.3, -0.25) is 9.69 Å². The Kier molecular flexibility index (Phi) is 8.39. The van der Waals surface area contributed by atoms with Crippen molar-refractivity contribution in [3.63, 3.8) is 0 Å². The third kappa shape index (κ3) is 6.24. The van der Waals surface area contributed by atoms with Crippen LogP contribution in [0.5, 0.6) is 0 Å². The molecular weight excluding hydrogens is 504 g/mol. The van der Waals surface area contributed by atoms with Crippen molar-refractivity contribution in [1.29, 1.82) is 0 Å². The summed E-state index contributed by atoms with van der Waals surface area (Å²) in [5, 5.41) is 0.634. The number of anilines is 1. The van der Waals surface area contributed by atoms with Crippen molar-refractivity contribution < 1.29 is 13.2 Å². The molecule has 7 nitrogen and oxygen atoms in total. The summed E-state index contributed by atoms with van der Waals surface area (Å²) in [4.78, 5) is 22.2. The van der Waals surface area contributed by atoms with Gasteiger partial charge in [-0.05, 0) is 68.0 Å². The molecule has 0 spiro atoms. The molecule has 0 atom stereocenters. The number of aryl methyl sites for hydroxylation is 1. The van der Waals surface area contributed by atoms with E-state index in [1.54, 1.807) is 24.1 Å². The van der Waals surface area contributed by atoms with Crippen molar-refractivity contribution in [2.75, 3.05) is 39.1 Å². The van der Waals surface area contributed by atoms with Crippen LogP contribution in [0.25, 0.3) is 10.2 Å². The van der Waals surface area contributed by atoms with Crippen LogP contribution < -0.4 is 4.90 Å². The van der Waals surface area contributed by atoms with Gasteiger partial charge in [-0.2, -0.15) is 4.31 Å². The number of aromatic nitrogens is 1. The summed E-state index contributed by atoms with van der Waals surface area (Å²) in [5.74, 6) is -0.210. The summed E-state index contributed by atoms with van der Waals surface area (Å²) < 4.78 is 28.6. The predicted octanol–water partition coefficient (Wildman–Crippen LogP) is 4.89. The summed E-state index contributed by atoms with van der Waals surface area (Å²) in [5.41, 5.74) is 3.40. The van der Waals surface area contributed by atoms with Crippen molar-refractivity contribution in [2.45, 2.75) is 24.8 Å². The van der Waals surface area contributed by atoms with E-state index in [2.05, 4.69) is 19.1 Å². The van der Waals surface area contributed by atoms with Gasteiger partial charge in [0.25, 0.3) is 5.91 Å². The molecule has 0 N–H and O–H groups in total. The van der Waals surface area contributed by atoms with Gasteiger partial charge in [-0.25, -0.2) is 13.4 Å². The van der Waals surface area contributed by atoms with E-state index in [-0.39, 0.29) is 17.3 Å². The van der Waals surface area contributed by atoms with Crippen LogP contribution in [-0.2, 0) is 23.0 Å². The lowest BCUT2D eigenvalue weighted by Gasteiger charge is -2.22. The Balaban J connectivity index is 1.58. The minimum atomic E-state index is -3.71. The minimum absolute atomic E-state index is 0.148. The molecule has 37 heavy (non-hydrogen) atoms. The molecule has 0 aliphatic carbocycles.